The van der Waals surface area contributed by atoms with E-state index >= 15 is 0 Å². The van der Waals surface area contributed by atoms with Gasteiger partial charge in [0.25, 0.3) is 0 Å². The van der Waals surface area contributed by atoms with E-state index in [4.69, 9.17) is 0 Å². The van der Waals surface area contributed by atoms with Crippen LogP contribution in [-0.4, -0.2) is 11.9 Å². The van der Waals surface area contributed by atoms with Crippen LogP contribution in [0.15, 0.2) is 12.2 Å². The minimum atomic E-state index is -1.34. The molecule has 152 valence electrons. The summed E-state index contributed by atoms with van der Waals surface area (Å²) in [6.45, 7) is 2.25. The van der Waals surface area contributed by atoms with Crippen molar-refractivity contribution >= 4 is 11.9 Å². The van der Waals surface area contributed by atoms with Gasteiger partial charge in [-0.1, -0.05) is 96.1 Å². The van der Waals surface area contributed by atoms with Crippen LogP contribution in [0.2, 0.25) is 0 Å². The third-order valence-electron chi connectivity index (χ3n) is 4.81. The van der Waals surface area contributed by atoms with Gasteiger partial charge in [0.1, 0.15) is 0 Å². The Labute approximate surface area is 257 Å². The van der Waals surface area contributed by atoms with Gasteiger partial charge in [0.05, 0.1) is 0 Å². The Kier molecular flexibility index (Phi) is 33.3. The first-order valence-corrected chi connectivity index (χ1v) is 10.6. The molecule has 0 aromatic heterocycles. The number of carbonyl (C=O) groups is 2. The number of allylic oxidation sites excluding steroid dienone is 2. The first-order chi connectivity index (χ1) is 12.6. The molecule has 0 heterocycles. The van der Waals surface area contributed by atoms with E-state index in [2.05, 4.69) is 6.92 Å². The van der Waals surface area contributed by atoms with Crippen molar-refractivity contribution in [2.24, 2.45) is 5.92 Å². The van der Waals surface area contributed by atoms with Gasteiger partial charge < -0.3 is 19.8 Å². The average Bonchev–Trinajstić information content (AvgIpc) is 2.59. The molecule has 1 atom stereocenters. The second-order valence-corrected chi connectivity index (χ2v) is 7.33. The van der Waals surface area contributed by atoms with Crippen molar-refractivity contribution in [3.8, 4) is 0 Å². The fraction of sp³-hybridized carbons (Fsp3) is 0.818. The number of rotatable bonds is 19. The van der Waals surface area contributed by atoms with E-state index in [1.54, 1.807) is 6.08 Å². The molecular weight excluding hydrogens is 406 g/mol. The molecule has 0 radical (unpaired) electrons. The monoisotopic (exact) mass is 444 g/mol. The van der Waals surface area contributed by atoms with Crippen LogP contribution in [0.5, 0.6) is 0 Å². The van der Waals surface area contributed by atoms with Crippen molar-refractivity contribution in [1.82, 2.24) is 0 Å². The molecule has 0 N–H and O–H groups in total. The van der Waals surface area contributed by atoms with Crippen LogP contribution in [0.3, 0.4) is 0 Å². The molecule has 0 saturated carbocycles. The SMILES string of the molecule is CCCCCCCCCCCCCCCC=CCC(CC(=O)[O-])C(=O)[O-].[K+].[K+]. The van der Waals surface area contributed by atoms with Gasteiger partial charge in [-0.15, -0.1) is 0 Å². The number of carboxylic acid groups (broad SMARTS) is 2. The molecule has 0 aliphatic rings. The molecule has 0 bridgehead atoms. The molecule has 0 amide bonds. The standard InChI is InChI=1S/C22H40O4.2K/c1-2-3-4-5-6-7-8-9-10-11-12-13-14-15-16-17-18-20(22(25)26)19-21(23)24;;/h16-17,20H,2-15,18-19H2,1H3,(H,23,24)(H,25,26);;/q;2*+1/p-2. The Bertz CT molecular complexity index is 387. The number of unbranched alkanes of at least 4 members (excludes halogenated alkanes) is 13. The number of hydrogen-bond donors (Lipinski definition) is 0. The van der Waals surface area contributed by atoms with Crippen LogP contribution >= 0.6 is 0 Å². The fourth-order valence-electron chi connectivity index (χ4n) is 3.12. The van der Waals surface area contributed by atoms with Gasteiger partial charge in [-0.05, 0) is 25.7 Å². The molecule has 0 aromatic carbocycles. The molecule has 0 aromatic rings. The summed E-state index contributed by atoms with van der Waals surface area (Å²) in [5.74, 6) is -3.65. The van der Waals surface area contributed by atoms with Crippen molar-refractivity contribution in [3.05, 3.63) is 12.2 Å². The number of aliphatic carboxylic acids is 2. The van der Waals surface area contributed by atoms with Crippen LogP contribution in [0, 0.1) is 5.92 Å². The summed E-state index contributed by atoms with van der Waals surface area (Å²) >= 11 is 0. The average molecular weight is 445 g/mol. The molecule has 0 saturated heterocycles. The zero-order valence-electron chi connectivity index (χ0n) is 18.7. The molecular formula is C22H38K2O4. The van der Waals surface area contributed by atoms with E-state index in [0.29, 0.717) is 0 Å². The van der Waals surface area contributed by atoms with Crippen LogP contribution in [0.4, 0.5) is 0 Å². The van der Waals surface area contributed by atoms with Gasteiger partial charge in [0.15, 0.2) is 0 Å². The maximum atomic E-state index is 10.8. The number of carbonyl (C=O) groups excluding carboxylic acids is 2. The normalized spacial score (nSPS) is 11.6. The molecule has 0 aliphatic heterocycles. The van der Waals surface area contributed by atoms with Gasteiger partial charge in [0, 0.05) is 17.9 Å². The summed E-state index contributed by atoms with van der Waals surface area (Å²) in [6, 6.07) is 0. The van der Waals surface area contributed by atoms with Gasteiger partial charge in [-0.3, -0.25) is 0 Å². The van der Waals surface area contributed by atoms with Crippen molar-refractivity contribution in [2.45, 2.75) is 110 Å². The van der Waals surface area contributed by atoms with E-state index in [1.165, 1.54) is 77.0 Å². The first-order valence-electron chi connectivity index (χ1n) is 10.6. The summed E-state index contributed by atoms with van der Waals surface area (Å²) in [5, 5.41) is 21.2. The van der Waals surface area contributed by atoms with Crippen LogP contribution in [0.25, 0.3) is 0 Å². The topological polar surface area (TPSA) is 80.3 Å². The third kappa shape index (κ3) is 26.0. The summed E-state index contributed by atoms with van der Waals surface area (Å²) in [7, 11) is 0. The van der Waals surface area contributed by atoms with Crippen molar-refractivity contribution in [2.75, 3.05) is 0 Å². The first kappa shape index (κ1) is 34.6. The second-order valence-electron chi connectivity index (χ2n) is 7.33. The van der Waals surface area contributed by atoms with Crippen molar-refractivity contribution in [1.29, 1.82) is 0 Å². The summed E-state index contributed by atoms with van der Waals surface area (Å²) in [5.41, 5.74) is 0. The Hall–Kier alpha value is 1.95. The molecule has 6 heteroatoms. The van der Waals surface area contributed by atoms with Crippen LogP contribution in [0.1, 0.15) is 110 Å². The minimum Gasteiger partial charge on any atom is -0.550 e. The zero-order valence-corrected chi connectivity index (χ0v) is 24.9. The fourth-order valence-corrected chi connectivity index (χ4v) is 3.12. The molecule has 4 nitrogen and oxygen atoms in total. The largest absolute Gasteiger partial charge is 1.00 e. The Morgan fingerprint density at radius 3 is 1.54 bits per heavy atom. The van der Waals surface area contributed by atoms with E-state index in [9.17, 15) is 19.8 Å². The smallest absolute Gasteiger partial charge is 0.550 e. The van der Waals surface area contributed by atoms with Crippen molar-refractivity contribution < 1.29 is 123 Å². The second kappa shape index (κ2) is 27.0. The Morgan fingerprint density at radius 1 is 0.714 bits per heavy atom. The molecule has 0 fully saturated rings. The summed E-state index contributed by atoms with van der Waals surface area (Å²) < 4.78 is 0. The number of hydrogen-bond acceptors (Lipinski definition) is 4. The molecule has 0 spiro atoms. The van der Waals surface area contributed by atoms with Crippen molar-refractivity contribution in [3.63, 3.8) is 0 Å². The summed E-state index contributed by atoms with van der Waals surface area (Å²) in [6.07, 6.45) is 21.6. The Balaban J connectivity index is -0.00000312. The predicted molar refractivity (Wildman–Crippen MR) is 102 cm³/mol. The Morgan fingerprint density at radius 2 is 1.14 bits per heavy atom. The summed E-state index contributed by atoms with van der Waals surface area (Å²) in [4.78, 5) is 21.2. The minimum absolute atomic E-state index is 0. The zero-order chi connectivity index (χ0) is 19.5. The number of carboxylic acids is 2. The van der Waals surface area contributed by atoms with E-state index < -0.39 is 24.3 Å². The predicted octanol–water partition coefficient (Wildman–Crippen LogP) is -2.07. The van der Waals surface area contributed by atoms with Gasteiger partial charge in [-0.2, -0.15) is 0 Å². The van der Waals surface area contributed by atoms with Gasteiger partial charge in [-0.25, -0.2) is 0 Å². The van der Waals surface area contributed by atoms with E-state index in [1.807, 2.05) is 6.08 Å². The molecule has 0 rings (SSSR count). The molecule has 28 heavy (non-hydrogen) atoms. The quantitative estimate of drug-likeness (QED) is 0.130. The maximum absolute atomic E-state index is 10.8. The van der Waals surface area contributed by atoms with Crippen LogP contribution < -0.4 is 113 Å². The third-order valence-corrected chi connectivity index (χ3v) is 4.81. The van der Waals surface area contributed by atoms with Crippen LogP contribution in [-0.2, 0) is 9.59 Å². The van der Waals surface area contributed by atoms with Gasteiger partial charge >= 0.3 is 103 Å². The maximum Gasteiger partial charge on any atom is 1.00 e. The molecule has 0 aliphatic carbocycles. The van der Waals surface area contributed by atoms with E-state index in [-0.39, 0.29) is 109 Å². The van der Waals surface area contributed by atoms with E-state index in [0.717, 1.165) is 12.8 Å². The molecule has 1 unspecified atom stereocenters. The van der Waals surface area contributed by atoms with Gasteiger partial charge in [0.2, 0.25) is 0 Å².